The third-order valence-electron chi connectivity index (χ3n) is 7.71. The summed E-state index contributed by atoms with van der Waals surface area (Å²) in [7, 11) is 0. The molecule has 3 heterocycles. The number of halogens is 1. The zero-order valence-corrected chi connectivity index (χ0v) is 19.1. The maximum Gasteiger partial charge on any atom is 0.326 e. The predicted molar refractivity (Wildman–Crippen MR) is 118 cm³/mol. The molecule has 9 heteroatoms. The van der Waals surface area contributed by atoms with Crippen LogP contribution in [0.15, 0.2) is 28.8 Å². The monoisotopic (exact) mass is 455 g/mol. The fourth-order valence-corrected chi connectivity index (χ4v) is 5.81. The summed E-state index contributed by atoms with van der Waals surface area (Å²) in [6.45, 7) is 5.80. The van der Waals surface area contributed by atoms with Crippen LogP contribution in [0.5, 0.6) is 0 Å². The van der Waals surface area contributed by atoms with E-state index >= 15 is 0 Å². The second kappa shape index (κ2) is 8.52. The molecule has 2 aromatic rings. The van der Waals surface area contributed by atoms with E-state index < -0.39 is 5.54 Å². The number of carbonyl (C=O) groups excluding carboxylic acids is 2. The number of carbonyl (C=O) groups is 2. The third kappa shape index (κ3) is 3.82. The molecule has 1 aromatic heterocycles. The van der Waals surface area contributed by atoms with E-state index in [1.165, 1.54) is 17.0 Å². The maximum absolute atomic E-state index is 13.5. The van der Waals surface area contributed by atoms with Gasteiger partial charge in [-0.1, -0.05) is 37.6 Å². The molecule has 0 bridgehead atoms. The molecule has 8 nitrogen and oxygen atoms in total. The average Bonchev–Trinajstić information content (AvgIpc) is 3.38. The van der Waals surface area contributed by atoms with Gasteiger partial charge in [0.15, 0.2) is 0 Å². The molecular formula is C24H30FN5O3. The number of imide groups is 1. The number of nitrogens with zero attached hydrogens (tertiary/aromatic N) is 4. The topological polar surface area (TPSA) is 91.6 Å². The summed E-state index contributed by atoms with van der Waals surface area (Å²) in [5, 5.41) is 7.10. The van der Waals surface area contributed by atoms with Gasteiger partial charge in [-0.2, -0.15) is 4.98 Å². The summed E-state index contributed by atoms with van der Waals surface area (Å²) in [6, 6.07) is 5.81. The number of urea groups is 1. The van der Waals surface area contributed by atoms with E-state index in [9.17, 15) is 14.0 Å². The van der Waals surface area contributed by atoms with Crippen LogP contribution in [0.1, 0.15) is 57.8 Å². The molecule has 3 amide bonds. The van der Waals surface area contributed by atoms with Crippen LogP contribution in [-0.2, 0) is 4.79 Å². The highest BCUT2D eigenvalue weighted by atomic mass is 19.1. The lowest BCUT2D eigenvalue weighted by Gasteiger charge is -2.42. The maximum atomic E-state index is 13.5. The van der Waals surface area contributed by atoms with Crippen LogP contribution in [0, 0.1) is 17.7 Å². The Labute approximate surface area is 192 Å². The molecule has 5 rings (SSSR count). The van der Waals surface area contributed by atoms with Gasteiger partial charge in [0.2, 0.25) is 11.7 Å². The largest absolute Gasteiger partial charge is 0.339 e. The van der Waals surface area contributed by atoms with Crippen LogP contribution in [0.2, 0.25) is 0 Å². The zero-order chi connectivity index (χ0) is 23.2. The first-order valence-electron chi connectivity index (χ1n) is 11.8. The van der Waals surface area contributed by atoms with E-state index in [1.807, 2.05) is 0 Å². The van der Waals surface area contributed by atoms with E-state index in [4.69, 9.17) is 4.52 Å². The quantitative estimate of drug-likeness (QED) is 0.706. The molecule has 0 radical (unpaired) electrons. The number of nitrogens with one attached hydrogen (secondary N) is 1. The Morgan fingerprint density at radius 2 is 1.97 bits per heavy atom. The van der Waals surface area contributed by atoms with Gasteiger partial charge in [0.05, 0.1) is 12.6 Å². The smallest absolute Gasteiger partial charge is 0.326 e. The molecule has 3 fully saturated rings. The van der Waals surface area contributed by atoms with Crippen molar-refractivity contribution in [3.63, 3.8) is 0 Å². The first kappa shape index (κ1) is 22.0. The van der Waals surface area contributed by atoms with Gasteiger partial charge >= 0.3 is 6.03 Å². The number of hydrogen-bond donors (Lipinski definition) is 1. The Morgan fingerprint density at radius 1 is 1.18 bits per heavy atom. The molecule has 1 saturated carbocycles. The van der Waals surface area contributed by atoms with Crippen molar-refractivity contribution in [1.82, 2.24) is 25.3 Å². The van der Waals surface area contributed by atoms with Crippen molar-refractivity contribution in [2.24, 2.45) is 11.8 Å². The number of likely N-dealkylation sites (tertiary alicyclic amines) is 1. The molecule has 176 valence electrons. The van der Waals surface area contributed by atoms with Crippen LogP contribution in [0.3, 0.4) is 0 Å². The Hall–Kier alpha value is -2.81. The molecule has 33 heavy (non-hydrogen) atoms. The van der Waals surface area contributed by atoms with Crippen molar-refractivity contribution in [3.8, 4) is 11.4 Å². The van der Waals surface area contributed by atoms with Gasteiger partial charge < -0.3 is 9.84 Å². The predicted octanol–water partition coefficient (Wildman–Crippen LogP) is 3.76. The fraction of sp³-hybridized carbons (Fsp3) is 0.583. The van der Waals surface area contributed by atoms with Gasteiger partial charge in [-0.05, 0) is 56.2 Å². The van der Waals surface area contributed by atoms with Gasteiger partial charge in [-0.25, -0.2) is 14.1 Å². The third-order valence-corrected chi connectivity index (χ3v) is 7.71. The van der Waals surface area contributed by atoms with Crippen molar-refractivity contribution in [3.05, 3.63) is 36.0 Å². The van der Waals surface area contributed by atoms with E-state index in [2.05, 4.69) is 34.2 Å². The normalized spacial score (nSPS) is 30.8. The van der Waals surface area contributed by atoms with E-state index in [0.29, 0.717) is 23.8 Å². The highest BCUT2D eigenvalue weighted by Crippen LogP contribution is 2.42. The van der Waals surface area contributed by atoms with Gasteiger partial charge in [-0.3, -0.25) is 9.69 Å². The number of hydrogen-bond acceptors (Lipinski definition) is 6. The van der Waals surface area contributed by atoms with Gasteiger partial charge in [0.1, 0.15) is 11.4 Å². The molecule has 1 aliphatic carbocycles. The molecule has 1 aromatic carbocycles. The lowest BCUT2D eigenvalue weighted by molar-refractivity contribution is -0.138. The first-order chi connectivity index (χ1) is 15.9. The molecule has 3 atom stereocenters. The second-order valence-corrected chi connectivity index (χ2v) is 9.79. The minimum absolute atomic E-state index is 0.00388. The van der Waals surface area contributed by atoms with Crippen LogP contribution in [-0.4, -0.2) is 57.2 Å². The molecule has 1 N–H and O–H groups in total. The van der Waals surface area contributed by atoms with Crippen LogP contribution >= 0.6 is 0 Å². The van der Waals surface area contributed by atoms with Crippen LogP contribution in [0.25, 0.3) is 11.4 Å². The molecular weight excluding hydrogens is 425 g/mol. The Morgan fingerprint density at radius 3 is 2.73 bits per heavy atom. The van der Waals surface area contributed by atoms with E-state index in [-0.39, 0.29) is 42.2 Å². The number of piperidine rings is 1. The lowest BCUT2D eigenvalue weighted by atomic mass is 9.67. The molecule has 2 aliphatic heterocycles. The summed E-state index contributed by atoms with van der Waals surface area (Å²) >= 11 is 0. The highest BCUT2D eigenvalue weighted by molar-refractivity contribution is 6.07. The second-order valence-electron chi connectivity index (χ2n) is 9.79. The van der Waals surface area contributed by atoms with Gasteiger partial charge in [-0.15, -0.1) is 0 Å². The standard InChI is InChI=1S/C24H30FN5O3/c1-15-6-3-7-16(2)24(15)22(31)30(23(32)27-24)14-29-11-5-9-18(13-29)21-26-20(28-33-21)17-8-4-10-19(25)12-17/h4,8,10,12,15-16,18H,3,5-7,9,11,13-14H2,1-2H3,(H,27,32). The number of amides is 3. The Balaban J connectivity index is 1.28. The van der Waals surface area contributed by atoms with Crippen LogP contribution < -0.4 is 5.32 Å². The van der Waals surface area contributed by atoms with Gasteiger partial charge in [0, 0.05) is 12.1 Å². The zero-order valence-electron chi connectivity index (χ0n) is 19.1. The van der Waals surface area contributed by atoms with Crippen LogP contribution in [0.4, 0.5) is 9.18 Å². The minimum Gasteiger partial charge on any atom is -0.339 e. The van der Waals surface area contributed by atoms with Crippen molar-refractivity contribution >= 4 is 11.9 Å². The molecule has 1 spiro atoms. The molecule has 3 unspecified atom stereocenters. The SMILES string of the molecule is CC1CCCC(C)C12NC(=O)N(CN1CCCC(c3nc(-c4cccc(F)c4)no3)C1)C2=O. The number of rotatable bonds is 4. The summed E-state index contributed by atoms with van der Waals surface area (Å²) in [4.78, 5) is 34.3. The Bertz CT molecular complexity index is 1050. The van der Waals surface area contributed by atoms with Crippen molar-refractivity contribution < 1.29 is 18.5 Å². The number of benzene rings is 1. The summed E-state index contributed by atoms with van der Waals surface area (Å²) in [6.07, 6.45) is 4.74. The van der Waals surface area contributed by atoms with Crippen molar-refractivity contribution in [2.75, 3.05) is 19.8 Å². The average molecular weight is 456 g/mol. The number of aromatic nitrogens is 2. The summed E-state index contributed by atoms with van der Waals surface area (Å²) < 4.78 is 19.1. The van der Waals surface area contributed by atoms with E-state index in [1.54, 1.807) is 12.1 Å². The van der Waals surface area contributed by atoms with Gasteiger partial charge in [0.25, 0.3) is 5.91 Å². The molecule has 3 aliphatic rings. The van der Waals surface area contributed by atoms with E-state index in [0.717, 1.165) is 38.6 Å². The summed E-state index contributed by atoms with van der Waals surface area (Å²) in [5.41, 5.74) is -0.213. The van der Waals surface area contributed by atoms with Crippen molar-refractivity contribution in [1.29, 1.82) is 0 Å². The molecule has 2 saturated heterocycles. The Kier molecular flexibility index (Phi) is 5.68. The first-order valence-corrected chi connectivity index (χ1v) is 11.8. The summed E-state index contributed by atoms with van der Waals surface area (Å²) in [5.74, 6) is 0.653. The fourth-order valence-electron chi connectivity index (χ4n) is 5.81. The highest BCUT2D eigenvalue weighted by Gasteiger charge is 2.58. The minimum atomic E-state index is -0.781. The van der Waals surface area contributed by atoms with Crippen molar-refractivity contribution in [2.45, 2.75) is 57.4 Å². The lowest BCUT2D eigenvalue weighted by Crippen LogP contribution is -2.59.